The van der Waals surface area contributed by atoms with Crippen LogP contribution in [0.1, 0.15) is 5.69 Å². The summed E-state index contributed by atoms with van der Waals surface area (Å²) in [4.78, 5) is 5.25. The molecule has 2 rings (SSSR count). The number of hydrogen-bond donors (Lipinski definition) is 0. The van der Waals surface area contributed by atoms with E-state index in [1.165, 1.54) is 6.82 Å². The number of aromatic nitrogens is 1. The van der Waals surface area contributed by atoms with Gasteiger partial charge >= 0.3 is 7.12 Å². The standard InChI is InChI=1S/C11H12BFN2S/c1-12(13)15-8-4-6-10(15)11(16-2)9-5-3-7-14-9/h3-8H,1-2H3/b11-9+. The fourth-order valence-corrected chi connectivity index (χ4v) is 2.38. The molecule has 0 N–H and O–H groups in total. The van der Waals surface area contributed by atoms with Crippen LogP contribution in [0.25, 0.3) is 4.91 Å². The first-order valence-corrected chi connectivity index (χ1v) is 6.27. The smallest absolute Gasteiger partial charge is 0.362 e. The highest BCUT2D eigenvalue weighted by atomic mass is 32.2. The highest BCUT2D eigenvalue weighted by Gasteiger charge is 2.17. The second-order valence-electron chi connectivity index (χ2n) is 3.43. The van der Waals surface area contributed by atoms with Crippen LogP contribution in [-0.4, -0.2) is 24.1 Å². The van der Waals surface area contributed by atoms with Gasteiger partial charge in [-0.3, -0.25) is 4.99 Å². The molecule has 0 spiro atoms. The summed E-state index contributed by atoms with van der Waals surface area (Å²) in [5, 5.41) is 0. The fraction of sp³-hybridized carbons (Fsp3) is 0.182. The Kier molecular flexibility index (Phi) is 3.34. The van der Waals surface area contributed by atoms with Gasteiger partial charge in [-0.2, -0.15) is 0 Å². The summed E-state index contributed by atoms with van der Waals surface area (Å²) >= 11 is 1.58. The third-order valence-corrected chi connectivity index (χ3v) is 3.21. The molecular formula is C11H12BFN2S. The van der Waals surface area contributed by atoms with Gasteiger partial charge < -0.3 is 8.79 Å². The van der Waals surface area contributed by atoms with E-state index in [9.17, 15) is 4.32 Å². The molecule has 0 radical (unpaired) electrons. The zero-order chi connectivity index (χ0) is 11.5. The van der Waals surface area contributed by atoms with Gasteiger partial charge in [0.15, 0.2) is 0 Å². The van der Waals surface area contributed by atoms with Crippen LogP contribution in [0.15, 0.2) is 41.2 Å². The second-order valence-corrected chi connectivity index (χ2v) is 4.25. The van der Waals surface area contributed by atoms with E-state index in [1.54, 1.807) is 28.7 Å². The van der Waals surface area contributed by atoms with E-state index in [1.807, 2.05) is 30.5 Å². The Morgan fingerprint density at radius 3 is 2.94 bits per heavy atom. The Morgan fingerprint density at radius 1 is 1.56 bits per heavy atom. The predicted octanol–water partition coefficient (Wildman–Crippen LogP) is 3.10. The molecule has 0 saturated carbocycles. The number of allylic oxidation sites excluding steroid dienone is 2. The minimum atomic E-state index is -1.03. The van der Waals surface area contributed by atoms with Crippen molar-refractivity contribution >= 4 is 30.0 Å². The zero-order valence-electron chi connectivity index (χ0n) is 9.22. The van der Waals surface area contributed by atoms with Crippen molar-refractivity contribution in [2.75, 3.05) is 6.26 Å². The SMILES string of the molecule is CS/C(=C1\C=CC=N1)c1cccn1B(C)F. The van der Waals surface area contributed by atoms with Crippen molar-refractivity contribution in [1.82, 2.24) is 4.48 Å². The predicted molar refractivity (Wildman–Crippen MR) is 70.6 cm³/mol. The van der Waals surface area contributed by atoms with E-state index in [4.69, 9.17) is 0 Å². The largest absolute Gasteiger partial charge is 0.461 e. The normalized spacial score (nSPS) is 16.9. The van der Waals surface area contributed by atoms with Crippen molar-refractivity contribution in [1.29, 1.82) is 0 Å². The lowest BCUT2D eigenvalue weighted by molar-refractivity contribution is 0.797. The van der Waals surface area contributed by atoms with Gasteiger partial charge in [0.25, 0.3) is 0 Å². The summed E-state index contributed by atoms with van der Waals surface area (Å²) in [6.45, 7) is 1.53. The average Bonchev–Trinajstić information content (AvgIpc) is 2.88. The van der Waals surface area contributed by atoms with Crippen LogP contribution in [0.4, 0.5) is 4.32 Å². The number of rotatable bonds is 3. The summed E-state index contributed by atoms with van der Waals surface area (Å²) < 4.78 is 15.0. The summed E-state index contributed by atoms with van der Waals surface area (Å²) in [5.41, 5.74) is 1.77. The highest BCUT2D eigenvalue weighted by molar-refractivity contribution is 8.07. The minimum Gasteiger partial charge on any atom is -0.362 e. The van der Waals surface area contributed by atoms with Crippen molar-refractivity contribution in [3.8, 4) is 0 Å². The van der Waals surface area contributed by atoms with Crippen molar-refractivity contribution in [2.45, 2.75) is 6.82 Å². The van der Waals surface area contributed by atoms with E-state index < -0.39 is 7.12 Å². The van der Waals surface area contributed by atoms with Crippen LogP contribution in [0.2, 0.25) is 6.82 Å². The number of thioether (sulfide) groups is 1. The molecular weight excluding hydrogens is 222 g/mol. The number of hydrogen-bond acceptors (Lipinski definition) is 2. The number of halogens is 1. The molecule has 1 aliphatic rings. The van der Waals surface area contributed by atoms with Gasteiger partial charge in [0.05, 0.1) is 10.6 Å². The van der Waals surface area contributed by atoms with Gasteiger partial charge in [-0.25, -0.2) is 0 Å². The monoisotopic (exact) mass is 234 g/mol. The van der Waals surface area contributed by atoms with Crippen LogP contribution in [0.5, 0.6) is 0 Å². The van der Waals surface area contributed by atoms with Gasteiger partial charge in [-0.1, -0.05) is 0 Å². The van der Waals surface area contributed by atoms with E-state index in [-0.39, 0.29) is 0 Å². The van der Waals surface area contributed by atoms with Gasteiger partial charge in [0.1, 0.15) is 0 Å². The van der Waals surface area contributed by atoms with Gasteiger partial charge in [0, 0.05) is 11.9 Å². The summed E-state index contributed by atoms with van der Waals surface area (Å²) in [5.74, 6) is 0. The third kappa shape index (κ3) is 2.00. The Morgan fingerprint density at radius 2 is 2.38 bits per heavy atom. The summed E-state index contributed by atoms with van der Waals surface area (Å²) in [6.07, 6.45) is 9.30. The lowest BCUT2D eigenvalue weighted by Gasteiger charge is -2.11. The average molecular weight is 234 g/mol. The minimum absolute atomic E-state index is 0.876. The molecule has 0 aromatic carbocycles. The lowest BCUT2D eigenvalue weighted by Crippen LogP contribution is -2.15. The topological polar surface area (TPSA) is 17.3 Å². The van der Waals surface area contributed by atoms with Crippen molar-refractivity contribution in [3.63, 3.8) is 0 Å². The Labute approximate surface area is 99.1 Å². The lowest BCUT2D eigenvalue weighted by atomic mass is 9.91. The van der Waals surface area contributed by atoms with E-state index >= 15 is 0 Å². The van der Waals surface area contributed by atoms with Crippen LogP contribution >= 0.6 is 11.8 Å². The van der Waals surface area contributed by atoms with Gasteiger partial charge in [0.2, 0.25) is 0 Å². The molecule has 1 aromatic rings. The van der Waals surface area contributed by atoms with Crippen LogP contribution in [-0.2, 0) is 0 Å². The van der Waals surface area contributed by atoms with Gasteiger partial charge in [-0.15, -0.1) is 11.8 Å². The molecule has 0 bridgehead atoms. The molecule has 2 nitrogen and oxygen atoms in total. The second kappa shape index (κ2) is 4.74. The van der Waals surface area contributed by atoms with Crippen molar-refractivity contribution < 1.29 is 4.32 Å². The molecule has 0 atom stereocenters. The first-order chi connectivity index (χ1) is 7.74. The van der Waals surface area contributed by atoms with Crippen molar-refractivity contribution in [2.24, 2.45) is 4.99 Å². The summed E-state index contributed by atoms with van der Waals surface area (Å²) in [6, 6.07) is 3.77. The van der Waals surface area contributed by atoms with Crippen LogP contribution < -0.4 is 0 Å². The Hall–Kier alpha value is -1.23. The third-order valence-electron chi connectivity index (χ3n) is 2.39. The molecule has 1 aromatic heterocycles. The highest BCUT2D eigenvalue weighted by Crippen LogP contribution is 2.31. The molecule has 0 fully saturated rings. The Bertz CT molecular complexity index is 460. The Balaban J connectivity index is 2.49. The molecule has 0 unspecified atom stereocenters. The molecule has 0 aliphatic carbocycles. The molecule has 0 saturated heterocycles. The first kappa shape index (κ1) is 11.3. The maximum atomic E-state index is 13.4. The quantitative estimate of drug-likeness (QED) is 0.734. The summed E-state index contributed by atoms with van der Waals surface area (Å²) in [7, 11) is -1.03. The molecule has 1 aliphatic heterocycles. The van der Waals surface area contributed by atoms with E-state index in [0.29, 0.717) is 0 Å². The molecule has 16 heavy (non-hydrogen) atoms. The molecule has 82 valence electrons. The molecule has 2 heterocycles. The number of aliphatic imine (C=N–C) groups is 1. The first-order valence-electron chi connectivity index (χ1n) is 5.04. The number of nitrogens with zero attached hydrogens (tertiary/aromatic N) is 2. The van der Waals surface area contributed by atoms with Gasteiger partial charge in [-0.05, 0) is 43.6 Å². The van der Waals surface area contributed by atoms with Crippen LogP contribution in [0, 0.1) is 0 Å². The van der Waals surface area contributed by atoms with E-state index in [0.717, 1.165) is 16.3 Å². The van der Waals surface area contributed by atoms with Crippen molar-refractivity contribution in [3.05, 3.63) is 41.9 Å². The maximum absolute atomic E-state index is 13.4. The molecule has 0 amide bonds. The maximum Gasteiger partial charge on any atom is 0.461 e. The fourth-order valence-electron chi connectivity index (χ4n) is 1.67. The van der Waals surface area contributed by atoms with E-state index in [2.05, 4.69) is 4.99 Å². The molecule has 5 heteroatoms. The zero-order valence-corrected chi connectivity index (χ0v) is 10.0. The van der Waals surface area contributed by atoms with Crippen LogP contribution in [0.3, 0.4) is 0 Å².